The van der Waals surface area contributed by atoms with E-state index in [1.54, 1.807) is 0 Å². The van der Waals surface area contributed by atoms with E-state index in [4.69, 9.17) is 20.9 Å². The fraction of sp³-hybridized carbons (Fsp3) is 0.733. The SMILES string of the molecule is CCCCCCc1cccc(OC(=O)C(N)C2(C)CC(OC(N)=O)CC(C)(C)C2)c1CCCCCC. The molecule has 6 heteroatoms. The summed E-state index contributed by atoms with van der Waals surface area (Å²) in [4.78, 5) is 24.8. The summed E-state index contributed by atoms with van der Waals surface area (Å²) in [6.45, 7) is 10.6. The van der Waals surface area contributed by atoms with E-state index in [-0.39, 0.29) is 11.5 Å². The number of aryl methyl sites for hydroxylation is 1. The molecular formula is C30H50N2O4. The van der Waals surface area contributed by atoms with E-state index >= 15 is 0 Å². The second-order valence-corrected chi connectivity index (χ2v) is 11.9. The smallest absolute Gasteiger partial charge is 0.404 e. The molecule has 4 N–H and O–H groups in total. The third-order valence-electron chi connectivity index (χ3n) is 7.66. The van der Waals surface area contributed by atoms with Gasteiger partial charge in [0.05, 0.1) is 0 Å². The van der Waals surface area contributed by atoms with Crippen LogP contribution in [0.4, 0.5) is 4.79 Å². The number of hydrogen-bond acceptors (Lipinski definition) is 5. The first kappa shape index (κ1) is 30.1. The van der Waals surface area contributed by atoms with Crippen molar-refractivity contribution in [2.45, 2.75) is 130 Å². The van der Waals surface area contributed by atoms with Crippen LogP contribution in [-0.2, 0) is 22.4 Å². The summed E-state index contributed by atoms with van der Waals surface area (Å²) in [5.41, 5.74) is 13.6. The highest BCUT2D eigenvalue weighted by molar-refractivity contribution is 5.79. The van der Waals surface area contributed by atoms with E-state index in [9.17, 15) is 9.59 Å². The molecular weight excluding hydrogens is 452 g/mol. The molecule has 1 amide bonds. The normalized spacial score (nSPS) is 22.1. The standard InChI is InChI=1S/C30H50N2O4/c1-6-8-10-12-15-22-16-14-18-25(24(22)17-13-11-9-7-2)36-27(33)26(31)30(5)20-23(35-28(32)34)19-29(3,4)21-30/h14,16,18,23,26H,6-13,15,17,19-21,31H2,1-5H3,(H2,32,34). The van der Waals surface area contributed by atoms with Crippen LogP contribution in [0, 0.1) is 10.8 Å². The van der Waals surface area contributed by atoms with E-state index in [0.717, 1.165) is 37.7 Å². The first-order valence-electron chi connectivity index (χ1n) is 14.1. The number of rotatable bonds is 14. The highest BCUT2D eigenvalue weighted by Gasteiger charge is 2.48. The van der Waals surface area contributed by atoms with Crippen LogP contribution in [0.15, 0.2) is 18.2 Å². The third kappa shape index (κ3) is 9.10. The van der Waals surface area contributed by atoms with Gasteiger partial charge in [0.1, 0.15) is 17.9 Å². The molecule has 1 aliphatic carbocycles. The van der Waals surface area contributed by atoms with Crippen LogP contribution in [0.3, 0.4) is 0 Å². The van der Waals surface area contributed by atoms with Gasteiger partial charge in [-0.3, -0.25) is 0 Å². The molecule has 1 aromatic rings. The number of amides is 1. The summed E-state index contributed by atoms with van der Waals surface area (Å²) in [7, 11) is 0. The van der Waals surface area contributed by atoms with Crippen molar-refractivity contribution in [2.24, 2.45) is 22.3 Å². The van der Waals surface area contributed by atoms with Gasteiger partial charge in [-0.1, -0.05) is 85.3 Å². The van der Waals surface area contributed by atoms with Gasteiger partial charge in [0.25, 0.3) is 0 Å². The third-order valence-corrected chi connectivity index (χ3v) is 7.66. The molecule has 2 rings (SSSR count). The van der Waals surface area contributed by atoms with Gasteiger partial charge in [-0.15, -0.1) is 0 Å². The fourth-order valence-electron chi connectivity index (χ4n) is 6.08. The van der Waals surface area contributed by atoms with Gasteiger partial charge in [0.2, 0.25) is 0 Å². The molecule has 6 nitrogen and oxygen atoms in total. The topological polar surface area (TPSA) is 105 Å². The Morgan fingerprint density at radius 1 is 0.972 bits per heavy atom. The van der Waals surface area contributed by atoms with Gasteiger partial charge >= 0.3 is 12.1 Å². The number of carbonyl (C=O) groups is 2. The van der Waals surface area contributed by atoms with Crippen molar-refractivity contribution in [2.75, 3.05) is 0 Å². The van der Waals surface area contributed by atoms with Gasteiger partial charge in [-0.05, 0) is 73.0 Å². The Morgan fingerprint density at radius 3 is 2.22 bits per heavy atom. The van der Waals surface area contributed by atoms with Crippen LogP contribution in [0.5, 0.6) is 5.75 Å². The molecule has 1 saturated carbocycles. The Hall–Kier alpha value is -2.08. The molecule has 3 atom stereocenters. The Labute approximate surface area is 218 Å². The van der Waals surface area contributed by atoms with Gasteiger partial charge in [0.15, 0.2) is 0 Å². The summed E-state index contributed by atoms with van der Waals surface area (Å²) in [6.07, 6.45) is 12.1. The number of hydrogen-bond donors (Lipinski definition) is 2. The predicted octanol–water partition coefficient (Wildman–Crippen LogP) is 6.85. The van der Waals surface area contributed by atoms with E-state index in [2.05, 4.69) is 33.8 Å². The van der Waals surface area contributed by atoms with Crippen LogP contribution >= 0.6 is 0 Å². The molecule has 0 aliphatic heterocycles. The molecule has 0 spiro atoms. The molecule has 204 valence electrons. The van der Waals surface area contributed by atoms with Crippen molar-refractivity contribution in [1.29, 1.82) is 0 Å². The van der Waals surface area contributed by atoms with Gasteiger partial charge in [-0.25, -0.2) is 9.59 Å². The molecule has 1 aliphatic rings. The molecule has 0 radical (unpaired) electrons. The largest absolute Gasteiger partial charge is 0.446 e. The number of benzene rings is 1. The van der Waals surface area contributed by atoms with Crippen molar-refractivity contribution in [3.63, 3.8) is 0 Å². The predicted molar refractivity (Wildman–Crippen MR) is 146 cm³/mol. The average molecular weight is 503 g/mol. The number of ether oxygens (including phenoxy) is 2. The summed E-state index contributed by atoms with van der Waals surface area (Å²) in [6, 6.07) is 5.23. The molecule has 3 unspecified atom stereocenters. The van der Waals surface area contributed by atoms with Crippen LogP contribution in [0.1, 0.15) is 116 Å². The highest BCUT2D eigenvalue weighted by Crippen LogP contribution is 2.48. The minimum absolute atomic E-state index is 0.145. The molecule has 0 heterocycles. The molecule has 0 bridgehead atoms. The van der Waals surface area contributed by atoms with Crippen molar-refractivity contribution >= 4 is 12.1 Å². The number of nitrogens with two attached hydrogens (primary N) is 2. The lowest BCUT2D eigenvalue weighted by molar-refractivity contribution is -0.141. The monoisotopic (exact) mass is 502 g/mol. The van der Waals surface area contributed by atoms with Crippen LogP contribution in [-0.4, -0.2) is 24.2 Å². The van der Waals surface area contributed by atoms with Gasteiger partial charge in [-0.2, -0.15) is 0 Å². The first-order valence-corrected chi connectivity index (χ1v) is 14.1. The molecule has 0 aromatic heterocycles. The molecule has 36 heavy (non-hydrogen) atoms. The van der Waals surface area contributed by atoms with E-state index in [1.165, 1.54) is 44.1 Å². The lowest BCUT2D eigenvalue weighted by Crippen LogP contribution is -2.54. The van der Waals surface area contributed by atoms with Crippen molar-refractivity contribution < 1.29 is 19.1 Å². The minimum Gasteiger partial charge on any atom is -0.446 e. The minimum atomic E-state index is -0.836. The Bertz CT molecular complexity index is 853. The number of carbonyl (C=O) groups excluding carboxylic acids is 2. The van der Waals surface area contributed by atoms with Crippen LogP contribution in [0.2, 0.25) is 0 Å². The zero-order chi connectivity index (χ0) is 26.8. The quantitative estimate of drug-likeness (QED) is 0.164. The Balaban J connectivity index is 2.21. The summed E-state index contributed by atoms with van der Waals surface area (Å²) in [5.74, 6) is 0.217. The summed E-state index contributed by atoms with van der Waals surface area (Å²) < 4.78 is 11.4. The molecule has 1 fully saturated rings. The fourth-order valence-corrected chi connectivity index (χ4v) is 6.08. The number of esters is 1. The van der Waals surface area contributed by atoms with Crippen molar-refractivity contribution in [3.05, 3.63) is 29.3 Å². The second kappa shape index (κ2) is 14.0. The van der Waals surface area contributed by atoms with Crippen molar-refractivity contribution in [1.82, 2.24) is 0 Å². The highest BCUT2D eigenvalue weighted by atomic mass is 16.6. The molecule has 1 aromatic carbocycles. The maximum absolute atomic E-state index is 13.4. The zero-order valence-corrected chi connectivity index (χ0v) is 23.4. The Morgan fingerprint density at radius 2 is 1.61 bits per heavy atom. The van der Waals surface area contributed by atoms with Crippen LogP contribution < -0.4 is 16.2 Å². The Kier molecular flexibility index (Phi) is 11.7. The zero-order valence-electron chi connectivity index (χ0n) is 23.4. The second-order valence-electron chi connectivity index (χ2n) is 11.9. The molecule has 0 saturated heterocycles. The van der Waals surface area contributed by atoms with Gasteiger partial charge < -0.3 is 20.9 Å². The maximum atomic E-state index is 13.4. The van der Waals surface area contributed by atoms with E-state index in [1.807, 2.05) is 19.1 Å². The maximum Gasteiger partial charge on any atom is 0.404 e. The first-order chi connectivity index (χ1) is 17.0. The lowest BCUT2D eigenvalue weighted by Gasteiger charge is -2.47. The number of primary amides is 1. The summed E-state index contributed by atoms with van der Waals surface area (Å²) >= 11 is 0. The van der Waals surface area contributed by atoms with E-state index < -0.39 is 23.5 Å². The van der Waals surface area contributed by atoms with Crippen LogP contribution in [0.25, 0.3) is 0 Å². The summed E-state index contributed by atoms with van der Waals surface area (Å²) in [5, 5.41) is 0. The average Bonchev–Trinajstić information content (AvgIpc) is 2.78. The van der Waals surface area contributed by atoms with Crippen molar-refractivity contribution in [3.8, 4) is 5.75 Å². The number of unbranched alkanes of at least 4 members (excludes halogenated alkanes) is 6. The van der Waals surface area contributed by atoms with Gasteiger partial charge in [0, 0.05) is 0 Å². The van der Waals surface area contributed by atoms with E-state index in [0.29, 0.717) is 18.6 Å². The lowest BCUT2D eigenvalue weighted by atomic mass is 9.60.